The average molecular weight is 272 g/mol. The fraction of sp³-hybridized carbons (Fsp3) is 0.214. The summed E-state index contributed by atoms with van der Waals surface area (Å²) in [6, 6.07) is 10.7. The molecule has 0 fully saturated rings. The molecule has 0 aliphatic heterocycles. The molecule has 102 valence electrons. The second kappa shape index (κ2) is 5.45. The first kappa shape index (κ1) is 13.6. The van der Waals surface area contributed by atoms with E-state index in [1.165, 1.54) is 11.5 Å². The van der Waals surface area contributed by atoms with Crippen LogP contribution in [0.2, 0.25) is 0 Å². The van der Waals surface area contributed by atoms with Crippen LogP contribution in [-0.4, -0.2) is 23.7 Å². The summed E-state index contributed by atoms with van der Waals surface area (Å²) in [7, 11) is 1.15. The quantitative estimate of drug-likeness (QED) is 0.785. The lowest BCUT2D eigenvalue weighted by Gasteiger charge is -2.12. The van der Waals surface area contributed by atoms with Gasteiger partial charge in [0, 0.05) is 12.3 Å². The molecular formula is C14H12N2O4. The van der Waals surface area contributed by atoms with Gasteiger partial charge in [-0.2, -0.15) is 5.26 Å². The highest BCUT2D eigenvalue weighted by Gasteiger charge is 2.23. The fourth-order valence-electron chi connectivity index (χ4n) is 2.02. The Morgan fingerprint density at radius 3 is 2.65 bits per heavy atom. The molecule has 0 N–H and O–H groups in total. The molecule has 0 unspecified atom stereocenters. The minimum Gasteiger partial charge on any atom is -0.438 e. The predicted molar refractivity (Wildman–Crippen MR) is 70.1 cm³/mol. The molecule has 0 spiro atoms. The molecular weight excluding hydrogens is 260 g/mol. The molecule has 0 bridgehead atoms. The maximum absolute atomic E-state index is 11.8. The largest absolute Gasteiger partial charge is 0.509 e. The SMILES string of the molecule is COC(=O)O[C@@H](C#N)c1cc2ccccc2n1C(C)=O. The lowest BCUT2D eigenvalue weighted by Crippen LogP contribution is -2.16. The van der Waals surface area contributed by atoms with Gasteiger partial charge in [-0.1, -0.05) is 18.2 Å². The van der Waals surface area contributed by atoms with E-state index < -0.39 is 12.3 Å². The van der Waals surface area contributed by atoms with E-state index in [-0.39, 0.29) is 5.91 Å². The topological polar surface area (TPSA) is 81.3 Å². The highest BCUT2D eigenvalue weighted by Crippen LogP contribution is 2.26. The Morgan fingerprint density at radius 1 is 1.35 bits per heavy atom. The van der Waals surface area contributed by atoms with Crippen LogP contribution in [0, 0.1) is 11.3 Å². The van der Waals surface area contributed by atoms with E-state index in [0.29, 0.717) is 11.2 Å². The van der Waals surface area contributed by atoms with Crippen molar-refractivity contribution in [3.05, 3.63) is 36.0 Å². The summed E-state index contributed by atoms with van der Waals surface area (Å²) in [4.78, 5) is 23.0. The van der Waals surface area contributed by atoms with Gasteiger partial charge in [0.15, 0.2) is 0 Å². The van der Waals surface area contributed by atoms with E-state index in [1.54, 1.807) is 18.2 Å². The van der Waals surface area contributed by atoms with Crippen molar-refractivity contribution in [1.82, 2.24) is 4.57 Å². The predicted octanol–water partition coefficient (Wildman–Crippen LogP) is 2.65. The second-order valence-electron chi connectivity index (χ2n) is 4.06. The van der Waals surface area contributed by atoms with Crippen LogP contribution in [0.15, 0.2) is 30.3 Å². The van der Waals surface area contributed by atoms with E-state index in [9.17, 15) is 9.59 Å². The van der Waals surface area contributed by atoms with Crippen LogP contribution in [-0.2, 0) is 9.47 Å². The van der Waals surface area contributed by atoms with E-state index in [0.717, 1.165) is 12.5 Å². The first-order valence-electron chi connectivity index (χ1n) is 5.84. The third kappa shape index (κ3) is 2.34. The van der Waals surface area contributed by atoms with Crippen LogP contribution in [0.25, 0.3) is 10.9 Å². The van der Waals surface area contributed by atoms with Crippen LogP contribution in [0.4, 0.5) is 4.79 Å². The molecule has 1 aromatic carbocycles. The molecule has 0 saturated heterocycles. The molecule has 2 aromatic rings. The molecule has 6 heteroatoms. The molecule has 6 nitrogen and oxygen atoms in total. The Labute approximate surface area is 115 Å². The Balaban J connectivity index is 2.57. The zero-order chi connectivity index (χ0) is 14.7. The number of carbonyl (C=O) groups excluding carboxylic acids is 2. The zero-order valence-electron chi connectivity index (χ0n) is 11.0. The van der Waals surface area contributed by atoms with Gasteiger partial charge >= 0.3 is 6.16 Å². The molecule has 0 amide bonds. The van der Waals surface area contributed by atoms with Gasteiger partial charge in [-0.15, -0.1) is 0 Å². The number of nitriles is 1. The Morgan fingerprint density at radius 2 is 2.05 bits per heavy atom. The smallest absolute Gasteiger partial charge is 0.438 e. The summed E-state index contributed by atoms with van der Waals surface area (Å²) in [6.45, 7) is 1.38. The van der Waals surface area contributed by atoms with E-state index in [2.05, 4.69) is 4.74 Å². The second-order valence-corrected chi connectivity index (χ2v) is 4.06. The van der Waals surface area contributed by atoms with Crippen LogP contribution in [0.1, 0.15) is 23.5 Å². The van der Waals surface area contributed by atoms with Crippen molar-refractivity contribution >= 4 is 23.0 Å². The first-order valence-corrected chi connectivity index (χ1v) is 5.84. The maximum atomic E-state index is 11.8. The van der Waals surface area contributed by atoms with Crippen molar-refractivity contribution in [2.75, 3.05) is 7.11 Å². The number of para-hydroxylation sites is 1. The van der Waals surface area contributed by atoms with E-state index in [4.69, 9.17) is 10.00 Å². The minimum absolute atomic E-state index is 0.269. The van der Waals surface area contributed by atoms with Gasteiger partial charge in [0.05, 0.1) is 18.3 Å². The molecule has 20 heavy (non-hydrogen) atoms. The van der Waals surface area contributed by atoms with Crippen LogP contribution < -0.4 is 0 Å². The van der Waals surface area contributed by atoms with Crippen molar-refractivity contribution in [1.29, 1.82) is 5.26 Å². The summed E-state index contributed by atoms with van der Waals surface area (Å²) in [5.41, 5.74) is 0.954. The van der Waals surface area contributed by atoms with Crippen molar-refractivity contribution in [2.45, 2.75) is 13.0 Å². The summed E-state index contributed by atoms with van der Waals surface area (Å²) in [5, 5.41) is 9.93. The van der Waals surface area contributed by atoms with Crippen LogP contribution in [0.3, 0.4) is 0 Å². The number of ether oxygens (including phenoxy) is 2. The molecule has 0 aliphatic carbocycles. The lowest BCUT2D eigenvalue weighted by atomic mass is 10.2. The number of nitrogens with zero attached hydrogens (tertiary/aromatic N) is 2. The molecule has 2 rings (SSSR count). The molecule has 0 radical (unpaired) electrons. The maximum Gasteiger partial charge on any atom is 0.509 e. The highest BCUT2D eigenvalue weighted by atomic mass is 16.7. The van der Waals surface area contributed by atoms with Gasteiger partial charge in [0.2, 0.25) is 12.0 Å². The number of carbonyl (C=O) groups is 2. The van der Waals surface area contributed by atoms with Crippen molar-refractivity contribution < 1.29 is 19.1 Å². The fourth-order valence-corrected chi connectivity index (χ4v) is 2.02. The number of rotatable bonds is 2. The monoisotopic (exact) mass is 272 g/mol. The molecule has 1 aromatic heterocycles. The van der Waals surface area contributed by atoms with E-state index in [1.807, 2.05) is 18.2 Å². The molecule has 1 heterocycles. The Bertz CT molecular complexity index is 712. The average Bonchev–Trinajstić information content (AvgIpc) is 2.83. The van der Waals surface area contributed by atoms with Crippen molar-refractivity contribution in [3.63, 3.8) is 0 Å². The number of hydrogen-bond donors (Lipinski definition) is 0. The number of fused-ring (bicyclic) bond motifs is 1. The normalized spacial score (nSPS) is 11.7. The van der Waals surface area contributed by atoms with Crippen molar-refractivity contribution in [2.24, 2.45) is 0 Å². The van der Waals surface area contributed by atoms with Gasteiger partial charge in [-0.3, -0.25) is 9.36 Å². The summed E-state index contributed by atoms with van der Waals surface area (Å²) >= 11 is 0. The number of hydrogen-bond acceptors (Lipinski definition) is 5. The van der Waals surface area contributed by atoms with Gasteiger partial charge in [-0.05, 0) is 12.1 Å². The third-order valence-corrected chi connectivity index (χ3v) is 2.82. The van der Waals surface area contributed by atoms with Crippen LogP contribution >= 0.6 is 0 Å². The Hall–Kier alpha value is -2.81. The van der Waals surface area contributed by atoms with Gasteiger partial charge in [-0.25, -0.2) is 4.79 Å². The number of aromatic nitrogens is 1. The van der Waals surface area contributed by atoms with Gasteiger partial charge < -0.3 is 9.47 Å². The number of benzene rings is 1. The lowest BCUT2D eigenvalue weighted by molar-refractivity contribution is 0.0516. The molecule has 0 aliphatic rings. The third-order valence-electron chi connectivity index (χ3n) is 2.82. The first-order chi connectivity index (χ1) is 9.58. The molecule has 1 atom stereocenters. The highest BCUT2D eigenvalue weighted by molar-refractivity contribution is 5.93. The molecule has 0 saturated carbocycles. The summed E-state index contributed by atoms with van der Waals surface area (Å²) in [6.07, 6.45) is -2.18. The van der Waals surface area contributed by atoms with Crippen LogP contribution in [0.5, 0.6) is 0 Å². The number of methoxy groups -OCH3 is 1. The minimum atomic E-state index is -1.21. The van der Waals surface area contributed by atoms with Crippen molar-refractivity contribution in [3.8, 4) is 6.07 Å². The van der Waals surface area contributed by atoms with E-state index >= 15 is 0 Å². The van der Waals surface area contributed by atoms with Gasteiger partial charge in [0.25, 0.3) is 0 Å². The standard InChI is InChI=1S/C14H12N2O4/c1-9(17)16-11-6-4-3-5-10(11)7-12(16)13(8-15)20-14(18)19-2/h3-7,13H,1-2H3/t13-/m0/s1. The van der Waals surface area contributed by atoms with Gasteiger partial charge in [0.1, 0.15) is 6.07 Å². The Kier molecular flexibility index (Phi) is 3.71. The summed E-state index contributed by atoms with van der Waals surface area (Å²) in [5.74, 6) is -0.269. The summed E-state index contributed by atoms with van der Waals surface area (Å²) < 4.78 is 10.6. The zero-order valence-corrected chi connectivity index (χ0v) is 11.0.